The summed E-state index contributed by atoms with van der Waals surface area (Å²) in [5.41, 5.74) is 15.9. The molecular formula is C49H46. The smallest absolute Gasteiger partial charge is 0.0415 e. The number of fused-ring (bicyclic) bond motifs is 4. The average molecular weight is 635 g/mol. The molecule has 1 unspecified atom stereocenters. The van der Waals surface area contributed by atoms with Crippen molar-refractivity contribution in [3.63, 3.8) is 0 Å². The normalized spacial score (nSPS) is 15.6. The fourth-order valence-electron chi connectivity index (χ4n) is 8.66. The molecule has 0 saturated carbocycles. The van der Waals surface area contributed by atoms with E-state index in [2.05, 4.69) is 199 Å². The maximum Gasteiger partial charge on any atom is 0.0415 e. The second-order valence-corrected chi connectivity index (χ2v) is 16.2. The Hall–Kier alpha value is -4.94. The topological polar surface area (TPSA) is 0 Å². The summed E-state index contributed by atoms with van der Waals surface area (Å²) in [6.45, 7) is 14.0. The van der Waals surface area contributed by atoms with Crippen LogP contribution >= 0.6 is 0 Å². The molecule has 0 nitrogen and oxygen atoms in total. The SMILES string of the molecule is CC(C)(C)c1ccc2c(c1)C(C(c1ccccc1)(c1ccccc1)C1C=Cc3cc(-c4ccccc4)ccc31)c1cc(C(C)(C)C)ccc1-2. The Morgan fingerprint density at radius 3 is 1.39 bits per heavy atom. The molecule has 0 bridgehead atoms. The minimum Gasteiger partial charge on any atom is -0.0751 e. The third-order valence-corrected chi connectivity index (χ3v) is 11.2. The lowest BCUT2D eigenvalue weighted by Gasteiger charge is -2.46. The van der Waals surface area contributed by atoms with Gasteiger partial charge in [-0.25, -0.2) is 0 Å². The number of rotatable bonds is 5. The molecule has 1 atom stereocenters. The summed E-state index contributed by atoms with van der Waals surface area (Å²) >= 11 is 0. The summed E-state index contributed by atoms with van der Waals surface area (Å²) in [7, 11) is 0. The van der Waals surface area contributed by atoms with Crippen molar-refractivity contribution in [3.8, 4) is 22.3 Å². The first-order valence-electron chi connectivity index (χ1n) is 17.8. The van der Waals surface area contributed by atoms with Crippen molar-refractivity contribution < 1.29 is 0 Å². The molecule has 2 aliphatic carbocycles. The van der Waals surface area contributed by atoms with Crippen LogP contribution in [0.4, 0.5) is 0 Å². The molecule has 242 valence electrons. The third-order valence-electron chi connectivity index (χ3n) is 11.2. The van der Waals surface area contributed by atoms with Crippen LogP contribution in [-0.2, 0) is 16.2 Å². The lowest BCUT2D eigenvalue weighted by atomic mass is 9.55. The van der Waals surface area contributed by atoms with E-state index in [1.54, 1.807) is 0 Å². The van der Waals surface area contributed by atoms with Crippen molar-refractivity contribution in [1.29, 1.82) is 0 Å². The van der Waals surface area contributed by atoms with E-state index in [0.717, 1.165) is 0 Å². The van der Waals surface area contributed by atoms with Gasteiger partial charge in [-0.2, -0.15) is 0 Å². The lowest BCUT2D eigenvalue weighted by Crippen LogP contribution is -2.40. The molecule has 0 N–H and O–H groups in total. The summed E-state index contributed by atoms with van der Waals surface area (Å²) in [6, 6.07) is 55.4. The maximum atomic E-state index is 2.55. The van der Waals surface area contributed by atoms with E-state index in [0.29, 0.717) is 0 Å². The molecule has 0 fully saturated rings. The largest absolute Gasteiger partial charge is 0.0751 e. The number of hydrogen-bond acceptors (Lipinski definition) is 0. The first-order chi connectivity index (χ1) is 23.6. The molecular weight excluding hydrogens is 589 g/mol. The number of allylic oxidation sites excluding steroid dienone is 1. The molecule has 0 amide bonds. The van der Waals surface area contributed by atoms with Gasteiger partial charge in [-0.1, -0.05) is 193 Å². The Balaban J connectivity index is 1.47. The first kappa shape index (κ1) is 31.3. The Kier molecular flexibility index (Phi) is 7.41. The van der Waals surface area contributed by atoms with Crippen molar-refractivity contribution in [3.05, 3.63) is 196 Å². The Morgan fingerprint density at radius 1 is 0.408 bits per heavy atom. The predicted octanol–water partition coefficient (Wildman–Crippen LogP) is 12.9. The highest BCUT2D eigenvalue weighted by atomic mass is 14.5. The lowest BCUT2D eigenvalue weighted by molar-refractivity contribution is 0.415. The Morgan fingerprint density at radius 2 is 0.898 bits per heavy atom. The van der Waals surface area contributed by atoms with Crippen LogP contribution in [0, 0.1) is 0 Å². The van der Waals surface area contributed by atoms with Gasteiger partial charge in [-0.05, 0) is 83.7 Å². The molecule has 6 aromatic rings. The zero-order valence-corrected chi connectivity index (χ0v) is 29.7. The maximum absolute atomic E-state index is 2.55. The van der Waals surface area contributed by atoms with Gasteiger partial charge in [0.05, 0.1) is 0 Å². The number of benzene rings is 6. The fraction of sp³-hybridized carbons (Fsp3) is 0.224. The molecule has 49 heavy (non-hydrogen) atoms. The summed E-state index contributed by atoms with van der Waals surface area (Å²) in [5, 5.41) is 0. The molecule has 0 heterocycles. The van der Waals surface area contributed by atoms with E-state index in [9.17, 15) is 0 Å². The molecule has 0 radical (unpaired) electrons. The van der Waals surface area contributed by atoms with E-state index in [1.165, 1.54) is 66.8 Å². The average Bonchev–Trinajstić information content (AvgIpc) is 3.68. The van der Waals surface area contributed by atoms with E-state index >= 15 is 0 Å². The number of hydrogen-bond donors (Lipinski definition) is 0. The second-order valence-electron chi connectivity index (χ2n) is 16.2. The third kappa shape index (κ3) is 5.12. The quantitative estimate of drug-likeness (QED) is 0.177. The summed E-state index contributed by atoms with van der Waals surface area (Å²) in [6.07, 6.45) is 4.90. The first-order valence-corrected chi connectivity index (χ1v) is 17.8. The summed E-state index contributed by atoms with van der Waals surface area (Å²) in [4.78, 5) is 0. The van der Waals surface area contributed by atoms with Crippen molar-refractivity contribution >= 4 is 6.08 Å². The molecule has 6 aromatic carbocycles. The Labute approximate surface area is 293 Å². The van der Waals surface area contributed by atoms with Gasteiger partial charge >= 0.3 is 0 Å². The van der Waals surface area contributed by atoms with E-state index in [4.69, 9.17) is 0 Å². The van der Waals surface area contributed by atoms with Gasteiger partial charge in [-0.15, -0.1) is 0 Å². The molecule has 0 aromatic heterocycles. The summed E-state index contributed by atoms with van der Waals surface area (Å²) < 4.78 is 0. The predicted molar refractivity (Wildman–Crippen MR) is 208 cm³/mol. The minimum atomic E-state index is -0.425. The highest BCUT2D eigenvalue weighted by molar-refractivity contribution is 5.83. The molecule has 2 aliphatic rings. The van der Waals surface area contributed by atoms with Gasteiger partial charge in [0.25, 0.3) is 0 Å². The molecule has 0 spiro atoms. The van der Waals surface area contributed by atoms with Crippen molar-refractivity contribution in [2.24, 2.45) is 0 Å². The van der Waals surface area contributed by atoms with Crippen molar-refractivity contribution in [1.82, 2.24) is 0 Å². The second kappa shape index (κ2) is 11.6. The van der Waals surface area contributed by atoms with Crippen LogP contribution in [0.5, 0.6) is 0 Å². The Bertz CT molecular complexity index is 2070. The van der Waals surface area contributed by atoms with E-state index < -0.39 is 5.41 Å². The van der Waals surface area contributed by atoms with Gasteiger partial charge < -0.3 is 0 Å². The molecule has 0 heteroatoms. The zero-order valence-electron chi connectivity index (χ0n) is 29.7. The van der Waals surface area contributed by atoms with Crippen LogP contribution in [0.15, 0.2) is 152 Å². The molecule has 0 aliphatic heterocycles. The molecule has 0 saturated heterocycles. The van der Waals surface area contributed by atoms with Crippen LogP contribution in [0.2, 0.25) is 0 Å². The fourth-order valence-corrected chi connectivity index (χ4v) is 8.66. The standard InChI is InChI=1S/C49H46/c1-47(2,3)38-24-27-41-42-28-25-39(48(4,5)6)32-44(42)46(43(41)31-38)49(36-18-12-8-13-19-36,37-20-14-9-15-21-37)45-29-23-35-30-34(22-26-40(35)45)33-16-10-7-11-17-33/h7-32,45-46H,1-6H3. The van der Waals surface area contributed by atoms with E-state index in [1.807, 2.05) is 0 Å². The highest BCUT2D eigenvalue weighted by Gasteiger charge is 2.53. The van der Waals surface area contributed by atoms with Crippen LogP contribution in [0.3, 0.4) is 0 Å². The van der Waals surface area contributed by atoms with Crippen LogP contribution in [-0.4, -0.2) is 0 Å². The van der Waals surface area contributed by atoms with Crippen molar-refractivity contribution in [2.45, 2.75) is 69.6 Å². The summed E-state index contributed by atoms with van der Waals surface area (Å²) in [5.74, 6) is 0.193. The van der Waals surface area contributed by atoms with Crippen LogP contribution in [0.25, 0.3) is 28.3 Å². The van der Waals surface area contributed by atoms with Gasteiger partial charge in [0.15, 0.2) is 0 Å². The monoisotopic (exact) mass is 634 g/mol. The van der Waals surface area contributed by atoms with Crippen molar-refractivity contribution in [2.75, 3.05) is 0 Å². The van der Waals surface area contributed by atoms with Gasteiger partial charge in [0.2, 0.25) is 0 Å². The molecule has 8 rings (SSSR count). The van der Waals surface area contributed by atoms with E-state index in [-0.39, 0.29) is 22.7 Å². The van der Waals surface area contributed by atoms with Gasteiger partial charge in [0.1, 0.15) is 0 Å². The van der Waals surface area contributed by atoms with Crippen LogP contribution in [0.1, 0.15) is 97.9 Å². The van der Waals surface area contributed by atoms with Crippen LogP contribution < -0.4 is 0 Å². The highest BCUT2D eigenvalue weighted by Crippen LogP contribution is 2.63. The zero-order chi connectivity index (χ0) is 34.0. The minimum absolute atomic E-state index is 0.0286. The van der Waals surface area contributed by atoms with Gasteiger partial charge in [-0.3, -0.25) is 0 Å². The van der Waals surface area contributed by atoms with Gasteiger partial charge in [0, 0.05) is 17.3 Å².